The van der Waals surface area contributed by atoms with Crippen LogP contribution in [-0.4, -0.2) is 24.5 Å². The average Bonchev–Trinajstić information content (AvgIpc) is 2.84. The quantitative estimate of drug-likeness (QED) is 0.909. The maximum absolute atomic E-state index is 6.03. The molecule has 6 heteroatoms. The minimum absolute atomic E-state index is 0.0605. The minimum atomic E-state index is 0.0605. The SMILES string of the molecule is Cc1nn([C@@H](C)c2nnc3n2CCCCC3)c(C)c1N. The maximum atomic E-state index is 6.03. The van der Waals surface area contributed by atoms with Crippen molar-refractivity contribution in [2.24, 2.45) is 0 Å². The van der Waals surface area contributed by atoms with Crippen LogP contribution in [0, 0.1) is 13.8 Å². The van der Waals surface area contributed by atoms with E-state index in [1.165, 1.54) is 19.3 Å². The number of anilines is 1. The van der Waals surface area contributed by atoms with Gasteiger partial charge in [-0.05, 0) is 33.6 Å². The number of hydrogen-bond acceptors (Lipinski definition) is 4. The lowest BCUT2D eigenvalue weighted by Gasteiger charge is -2.15. The van der Waals surface area contributed by atoms with Gasteiger partial charge in [0, 0.05) is 13.0 Å². The van der Waals surface area contributed by atoms with E-state index in [0.717, 1.165) is 41.7 Å². The van der Waals surface area contributed by atoms with Crippen molar-refractivity contribution in [2.75, 3.05) is 5.73 Å². The summed E-state index contributed by atoms with van der Waals surface area (Å²) in [4.78, 5) is 0. The van der Waals surface area contributed by atoms with Crippen molar-refractivity contribution in [3.8, 4) is 0 Å². The van der Waals surface area contributed by atoms with Gasteiger partial charge in [-0.25, -0.2) is 0 Å². The average molecular weight is 274 g/mol. The Bertz CT molecular complexity index is 624. The van der Waals surface area contributed by atoms with Gasteiger partial charge in [-0.2, -0.15) is 5.10 Å². The highest BCUT2D eigenvalue weighted by atomic mass is 15.4. The van der Waals surface area contributed by atoms with E-state index < -0.39 is 0 Å². The lowest BCUT2D eigenvalue weighted by molar-refractivity contribution is 0.484. The molecule has 2 aromatic rings. The van der Waals surface area contributed by atoms with Gasteiger partial charge in [0.2, 0.25) is 0 Å². The Morgan fingerprint density at radius 2 is 1.95 bits per heavy atom. The van der Waals surface area contributed by atoms with E-state index in [-0.39, 0.29) is 6.04 Å². The minimum Gasteiger partial charge on any atom is -0.396 e. The first-order valence-electron chi connectivity index (χ1n) is 7.32. The zero-order chi connectivity index (χ0) is 14.3. The van der Waals surface area contributed by atoms with Crippen LogP contribution in [0.25, 0.3) is 0 Å². The zero-order valence-electron chi connectivity index (χ0n) is 12.4. The van der Waals surface area contributed by atoms with E-state index in [0.29, 0.717) is 0 Å². The van der Waals surface area contributed by atoms with E-state index in [9.17, 15) is 0 Å². The monoisotopic (exact) mass is 274 g/mol. The summed E-state index contributed by atoms with van der Waals surface area (Å²) in [5.74, 6) is 2.10. The molecule has 0 bridgehead atoms. The van der Waals surface area contributed by atoms with Crippen molar-refractivity contribution in [1.29, 1.82) is 0 Å². The van der Waals surface area contributed by atoms with Crippen LogP contribution in [-0.2, 0) is 13.0 Å². The second-order valence-electron chi connectivity index (χ2n) is 5.64. The maximum Gasteiger partial charge on any atom is 0.157 e. The van der Waals surface area contributed by atoms with Gasteiger partial charge in [0.25, 0.3) is 0 Å². The lowest BCUT2D eigenvalue weighted by atomic mass is 10.2. The number of aromatic nitrogens is 5. The summed E-state index contributed by atoms with van der Waals surface area (Å²) < 4.78 is 4.23. The van der Waals surface area contributed by atoms with Gasteiger partial charge in [-0.3, -0.25) is 4.68 Å². The van der Waals surface area contributed by atoms with E-state index >= 15 is 0 Å². The van der Waals surface area contributed by atoms with Crippen LogP contribution in [0.1, 0.15) is 55.3 Å². The topological polar surface area (TPSA) is 74.5 Å². The van der Waals surface area contributed by atoms with Crippen LogP contribution >= 0.6 is 0 Å². The number of nitrogens with two attached hydrogens (primary N) is 1. The molecule has 2 N–H and O–H groups in total. The van der Waals surface area contributed by atoms with Crippen molar-refractivity contribution in [3.05, 3.63) is 23.0 Å². The number of hydrogen-bond donors (Lipinski definition) is 1. The molecule has 0 saturated carbocycles. The summed E-state index contributed by atoms with van der Waals surface area (Å²) >= 11 is 0. The summed E-state index contributed by atoms with van der Waals surface area (Å²) in [5, 5.41) is 13.3. The first-order valence-corrected chi connectivity index (χ1v) is 7.32. The van der Waals surface area contributed by atoms with Gasteiger partial charge in [0.05, 0.1) is 17.1 Å². The number of fused-ring (bicyclic) bond motifs is 1. The van der Waals surface area contributed by atoms with Gasteiger partial charge in [-0.15, -0.1) is 10.2 Å². The van der Waals surface area contributed by atoms with Gasteiger partial charge in [-0.1, -0.05) is 6.42 Å². The lowest BCUT2D eigenvalue weighted by Crippen LogP contribution is -2.17. The number of rotatable bonds is 2. The molecule has 20 heavy (non-hydrogen) atoms. The van der Waals surface area contributed by atoms with Crippen molar-refractivity contribution in [1.82, 2.24) is 24.5 Å². The molecule has 0 amide bonds. The van der Waals surface area contributed by atoms with Crippen LogP contribution < -0.4 is 5.73 Å². The Labute approximate surface area is 119 Å². The van der Waals surface area contributed by atoms with Crippen LogP contribution in [0.2, 0.25) is 0 Å². The summed E-state index contributed by atoms with van der Waals surface area (Å²) in [6.07, 6.45) is 4.70. The third kappa shape index (κ3) is 1.99. The molecule has 0 radical (unpaired) electrons. The van der Waals surface area contributed by atoms with E-state index in [1.54, 1.807) is 0 Å². The van der Waals surface area contributed by atoms with Crippen LogP contribution in [0.15, 0.2) is 0 Å². The highest BCUT2D eigenvalue weighted by Gasteiger charge is 2.23. The molecule has 1 atom stereocenters. The summed E-state index contributed by atoms with van der Waals surface area (Å²) in [7, 11) is 0. The number of nitrogen functional groups attached to an aromatic ring is 1. The molecule has 1 aliphatic rings. The standard InChI is InChI=1S/C14H22N6/c1-9-13(15)10(2)20(18-9)11(3)14-17-16-12-7-5-4-6-8-19(12)14/h11H,4-8,15H2,1-3H3/t11-/m0/s1. The molecule has 0 unspecified atom stereocenters. The van der Waals surface area contributed by atoms with Crippen molar-refractivity contribution >= 4 is 5.69 Å². The fourth-order valence-electron chi connectivity index (χ4n) is 2.98. The third-order valence-electron chi connectivity index (χ3n) is 4.26. The van der Waals surface area contributed by atoms with E-state index in [4.69, 9.17) is 5.73 Å². The normalized spacial score (nSPS) is 16.8. The first-order chi connectivity index (χ1) is 9.59. The summed E-state index contributed by atoms with van der Waals surface area (Å²) in [5.41, 5.74) is 8.68. The third-order valence-corrected chi connectivity index (χ3v) is 4.26. The molecular formula is C14H22N6. The largest absolute Gasteiger partial charge is 0.396 e. The Morgan fingerprint density at radius 1 is 1.15 bits per heavy atom. The van der Waals surface area contributed by atoms with E-state index in [1.807, 2.05) is 18.5 Å². The molecule has 6 nitrogen and oxygen atoms in total. The molecule has 1 aliphatic heterocycles. The van der Waals surface area contributed by atoms with Crippen LogP contribution in [0.3, 0.4) is 0 Å². The summed E-state index contributed by atoms with van der Waals surface area (Å²) in [6, 6.07) is 0.0605. The fraction of sp³-hybridized carbons (Fsp3) is 0.643. The summed E-state index contributed by atoms with van der Waals surface area (Å²) in [6.45, 7) is 7.07. The molecule has 0 aliphatic carbocycles. The Kier molecular flexibility index (Phi) is 3.23. The smallest absolute Gasteiger partial charge is 0.157 e. The molecule has 0 spiro atoms. The second kappa shape index (κ2) is 4.92. The molecule has 3 heterocycles. The van der Waals surface area contributed by atoms with E-state index in [2.05, 4.69) is 26.8 Å². The molecular weight excluding hydrogens is 252 g/mol. The first kappa shape index (κ1) is 13.1. The predicted molar refractivity (Wildman–Crippen MR) is 77.5 cm³/mol. The molecule has 2 aromatic heterocycles. The van der Waals surface area contributed by atoms with Crippen molar-refractivity contribution in [3.63, 3.8) is 0 Å². The van der Waals surface area contributed by atoms with Crippen LogP contribution in [0.4, 0.5) is 5.69 Å². The molecule has 3 rings (SSSR count). The Balaban J connectivity index is 2.00. The molecule has 0 aromatic carbocycles. The fourth-order valence-corrected chi connectivity index (χ4v) is 2.98. The predicted octanol–water partition coefficient (Wildman–Crippen LogP) is 2.01. The number of aryl methyl sites for hydroxylation is 2. The Hall–Kier alpha value is -1.85. The van der Waals surface area contributed by atoms with Gasteiger partial charge >= 0.3 is 0 Å². The molecule has 0 saturated heterocycles. The molecule has 0 fully saturated rings. The van der Waals surface area contributed by atoms with Gasteiger partial charge in [0.1, 0.15) is 11.9 Å². The van der Waals surface area contributed by atoms with Crippen LogP contribution in [0.5, 0.6) is 0 Å². The van der Waals surface area contributed by atoms with Crippen molar-refractivity contribution < 1.29 is 0 Å². The Morgan fingerprint density at radius 3 is 2.65 bits per heavy atom. The second-order valence-corrected chi connectivity index (χ2v) is 5.64. The highest BCUT2D eigenvalue weighted by Crippen LogP contribution is 2.25. The van der Waals surface area contributed by atoms with Gasteiger partial charge < -0.3 is 10.3 Å². The zero-order valence-corrected chi connectivity index (χ0v) is 12.4. The van der Waals surface area contributed by atoms with Crippen molar-refractivity contribution in [2.45, 2.75) is 59.0 Å². The van der Waals surface area contributed by atoms with Gasteiger partial charge in [0.15, 0.2) is 5.82 Å². The highest BCUT2D eigenvalue weighted by molar-refractivity contribution is 5.47. The molecule has 108 valence electrons. The number of nitrogens with zero attached hydrogens (tertiary/aromatic N) is 5.